The maximum absolute atomic E-state index is 13.5. The van der Waals surface area contributed by atoms with Crippen LogP contribution >= 0.6 is 0 Å². The molecule has 1 aliphatic rings. The average Bonchev–Trinajstić information content (AvgIpc) is 2.74. The molecule has 0 aliphatic carbocycles. The minimum atomic E-state index is -0.483. The Balaban J connectivity index is 2.01. The Morgan fingerprint density at radius 3 is 2.88 bits per heavy atom. The number of Topliss-reactive ketones (excluding diaryl/α,β-unsaturated/α-hetero) is 1. The van der Waals surface area contributed by atoms with E-state index in [4.69, 9.17) is 14.7 Å². The van der Waals surface area contributed by atoms with Crippen LogP contribution in [-0.2, 0) is 0 Å². The van der Waals surface area contributed by atoms with Gasteiger partial charge in [-0.15, -0.1) is 0 Å². The molecule has 120 valence electrons. The Hall–Kier alpha value is -3.13. The van der Waals surface area contributed by atoms with Crippen LogP contribution in [0.2, 0.25) is 0 Å². The summed E-state index contributed by atoms with van der Waals surface area (Å²) >= 11 is 0. The smallest absolute Gasteiger partial charge is 0.192 e. The highest BCUT2D eigenvalue weighted by molar-refractivity contribution is 6.13. The van der Waals surface area contributed by atoms with Crippen molar-refractivity contribution in [1.82, 2.24) is 0 Å². The lowest BCUT2D eigenvalue weighted by Crippen LogP contribution is -2.02. The number of methoxy groups -OCH3 is 1. The van der Waals surface area contributed by atoms with Gasteiger partial charge in [0.15, 0.2) is 5.78 Å². The summed E-state index contributed by atoms with van der Waals surface area (Å²) in [5, 5.41) is 9.16. The molecule has 0 N–H and O–H groups in total. The number of carbonyl (C=O) groups excluding carboxylic acids is 1. The molecule has 0 saturated carbocycles. The molecule has 0 bridgehead atoms. The minimum Gasteiger partial charge on any atom is -0.495 e. The predicted octanol–water partition coefficient (Wildman–Crippen LogP) is 3.75. The molecule has 0 atom stereocenters. The molecule has 0 radical (unpaired) electrons. The van der Waals surface area contributed by atoms with Gasteiger partial charge in [-0.3, -0.25) is 4.79 Å². The van der Waals surface area contributed by atoms with Gasteiger partial charge in [-0.2, -0.15) is 5.26 Å². The van der Waals surface area contributed by atoms with Gasteiger partial charge in [0, 0.05) is 12.0 Å². The third-order valence-corrected chi connectivity index (χ3v) is 3.79. The van der Waals surface area contributed by atoms with Crippen molar-refractivity contribution in [2.24, 2.45) is 0 Å². The van der Waals surface area contributed by atoms with Crippen LogP contribution in [0.5, 0.6) is 11.5 Å². The molecule has 3 rings (SSSR count). The van der Waals surface area contributed by atoms with E-state index < -0.39 is 5.82 Å². The van der Waals surface area contributed by atoms with Gasteiger partial charge < -0.3 is 9.47 Å². The molecule has 0 aromatic heterocycles. The van der Waals surface area contributed by atoms with Gasteiger partial charge in [-0.05, 0) is 42.0 Å². The quantitative estimate of drug-likeness (QED) is 0.790. The third kappa shape index (κ3) is 2.99. The van der Waals surface area contributed by atoms with Gasteiger partial charge in [0.25, 0.3) is 0 Å². The first-order chi connectivity index (χ1) is 11.6. The number of ether oxygens (including phenoxy) is 2. The number of hydrogen-bond donors (Lipinski definition) is 0. The Bertz CT molecular complexity index is 881. The molecular formula is C19H14FNO3. The van der Waals surface area contributed by atoms with Crippen molar-refractivity contribution in [2.45, 2.75) is 6.42 Å². The Morgan fingerprint density at radius 1 is 1.29 bits per heavy atom. The summed E-state index contributed by atoms with van der Waals surface area (Å²) in [5.74, 6) is 0.110. The molecular weight excluding hydrogens is 309 g/mol. The minimum absolute atomic E-state index is 0.216. The molecule has 0 amide bonds. The monoisotopic (exact) mass is 323 g/mol. The normalized spacial score (nSPS) is 15.2. The number of nitrogens with zero attached hydrogens (tertiary/aromatic N) is 1. The number of rotatable bonds is 2. The fraction of sp³-hybridized carbons (Fsp3) is 0.158. The van der Waals surface area contributed by atoms with Crippen molar-refractivity contribution >= 4 is 11.9 Å². The van der Waals surface area contributed by atoms with Gasteiger partial charge in [-0.1, -0.05) is 6.07 Å². The lowest BCUT2D eigenvalue weighted by molar-refractivity contribution is 0.103. The molecule has 5 heteroatoms. The molecule has 0 unspecified atom stereocenters. The van der Waals surface area contributed by atoms with Gasteiger partial charge >= 0.3 is 0 Å². The maximum Gasteiger partial charge on any atom is 0.192 e. The van der Waals surface area contributed by atoms with Gasteiger partial charge in [0.1, 0.15) is 23.4 Å². The van der Waals surface area contributed by atoms with Crippen molar-refractivity contribution in [3.63, 3.8) is 0 Å². The van der Waals surface area contributed by atoms with E-state index in [1.54, 1.807) is 24.3 Å². The lowest BCUT2D eigenvalue weighted by Gasteiger charge is -2.06. The SMILES string of the molecule is COc1ccc(/C=C2/CCOc3ccc(F)cc3C2=O)cc1C#N. The van der Waals surface area contributed by atoms with Crippen molar-refractivity contribution in [3.8, 4) is 17.6 Å². The van der Waals surface area contributed by atoms with Gasteiger partial charge in [-0.25, -0.2) is 4.39 Å². The van der Waals surface area contributed by atoms with E-state index in [9.17, 15) is 9.18 Å². The van der Waals surface area contributed by atoms with Crippen LogP contribution in [0.15, 0.2) is 42.0 Å². The van der Waals surface area contributed by atoms with Crippen molar-refractivity contribution in [1.29, 1.82) is 5.26 Å². The Morgan fingerprint density at radius 2 is 2.12 bits per heavy atom. The second-order valence-corrected chi connectivity index (χ2v) is 5.31. The molecule has 1 aliphatic heterocycles. The number of ketones is 1. The van der Waals surface area contributed by atoms with Crippen LogP contribution in [-0.4, -0.2) is 19.5 Å². The molecule has 0 saturated heterocycles. The number of hydrogen-bond acceptors (Lipinski definition) is 4. The number of fused-ring (bicyclic) bond motifs is 1. The second-order valence-electron chi connectivity index (χ2n) is 5.31. The summed E-state index contributed by atoms with van der Waals surface area (Å²) in [5.41, 5.74) is 1.81. The summed E-state index contributed by atoms with van der Waals surface area (Å²) in [4.78, 5) is 12.7. The van der Waals surface area contributed by atoms with E-state index >= 15 is 0 Å². The van der Waals surface area contributed by atoms with E-state index in [1.807, 2.05) is 0 Å². The number of benzene rings is 2. The molecule has 1 heterocycles. The van der Waals surface area contributed by atoms with Crippen LogP contribution in [0.4, 0.5) is 4.39 Å². The maximum atomic E-state index is 13.5. The highest BCUT2D eigenvalue weighted by Gasteiger charge is 2.22. The number of carbonyl (C=O) groups is 1. The van der Waals surface area contributed by atoms with Crippen LogP contribution in [0.25, 0.3) is 6.08 Å². The van der Waals surface area contributed by atoms with Crippen LogP contribution in [0, 0.1) is 17.1 Å². The Labute approximate surface area is 138 Å². The van der Waals surface area contributed by atoms with E-state index in [-0.39, 0.29) is 11.3 Å². The van der Waals surface area contributed by atoms with E-state index in [0.29, 0.717) is 41.2 Å². The zero-order chi connectivity index (χ0) is 17.1. The zero-order valence-corrected chi connectivity index (χ0v) is 13.0. The van der Waals surface area contributed by atoms with E-state index in [1.165, 1.54) is 25.3 Å². The highest BCUT2D eigenvalue weighted by atomic mass is 19.1. The van der Waals surface area contributed by atoms with Crippen molar-refractivity contribution in [3.05, 3.63) is 64.5 Å². The van der Waals surface area contributed by atoms with E-state index in [2.05, 4.69) is 6.07 Å². The first-order valence-electron chi connectivity index (χ1n) is 7.38. The Kier molecular flexibility index (Phi) is 4.30. The summed E-state index contributed by atoms with van der Waals surface area (Å²) in [6.45, 7) is 0.331. The van der Waals surface area contributed by atoms with Crippen molar-refractivity contribution < 1.29 is 18.7 Å². The highest BCUT2D eigenvalue weighted by Crippen LogP contribution is 2.29. The molecule has 24 heavy (non-hydrogen) atoms. The molecule has 2 aromatic carbocycles. The predicted molar refractivity (Wildman–Crippen MR) is 86.5 cm³/mol. The fourth-order valence-electron chi connectivity index (χ4n) is 2.60. The lowest BCUT2D eigenvalue weighted by atomic mass is 9.98. The molecule has 2 aromatic rings. The third-order valence-electron chi connectivity index (χ3n) is 3.79. The molecule has 4 nitrogen and oxygen atoms in total. The molecule has 0 fully saturated rings. The summed E-state index contributed by atoms with van der Waals surface area (Å²) in [6, 6.07) is 11.1. The van der Waals surface area contributed by atoms with Gasteiger partial charge in [0.2, 0.25) is 0 Å². The summed E-state index contributed by atoms with van der Waals surface area (Å²) in [6.07, 6.45) is 2.11. The zero-order valence-electron chi connectivity index (χ0n) is 13.0. The van der Waals surface area contributed by atoms with Crippen LogP contribution < -0.4 is 9.47 Å². The summed E-state index contributed by atoms with van der Waals surface area (Å²) in [7, 11) is 1.49. The largest absolute Gasteiger partial charge is 0.495 e. The van der Waals surface area contributed by atoms with Crippen LogP contribution in [0.3, 0.4) is 0 Å². The number of halogens is 1. The average molecular weight is 323 g/mol. The van der Waals surface area contributed by atoms with Crippen molar-refractivity contribution in [2.75, 3.05) is 13.7 Å². The standard InChI is InChI=1S/C19H14FNO3/c1-23-17-4-2-12(9-14(17)11-21)8-13-6-7-24-18-5-3-15(20)10-16(18)19(13)22/h2-5,8-10H,6-7H2,1H3/b13-8-. The topological polar surface area (TPSA) is 59.3 Å². The fourth-order valence-corrected chi connectivity index (χ4v) is 2.60. The summed E-state index contributed by atoms with van der Waals surface area (Å²) < 4.78 is 24.1. The van der Waals surface area contributed by atoms with Crippen LogP contribution in [0.1, 0.15) is 27.9 Å². The second kappa shape index (κ2) is 6.55. The number of nitriles is 1. The molecule has 0 spiro atoms. The first kappa shape index (κ1) is 15.8. The van der Waals surface area contributed by atoms with E-state index in [0.717, 1.165) is 0 Å². The van der Waals surface area contributed by atoms with Gasteiger partial charge in [0.05, 0.1) is 24.8 Å². The first-order valence-corrected chi connectivity index (χ1v) is 7.38.